The molecule has 1 amide bonds. The quantitative estimate of drug-likeness (QED) is 0.825. The summed E-state index contributed by atoms with van der Waals surface area (Å²) in [4.78, 5) is 21.0. The van der Waals surface area contributed by atoms with Gasteiger partial charge in [-0.25, -0.2) is 0 Å². The Bertz CT molecular complexity index is 518. The molecule has 0 spiro atoms. The van der Waals surface area contributed by atoms with Crippen LogP contribution in [0.3, 0.4) is 0 Å². The van der Waals surface area contributed by atoms with Gasteiger partial charge in [-0.2, -0.15) is 0 Å². The standard InChI is InChI=1S/C16H21N3O2/c20-16-11-21-15-10-18(8-13-3-1-2-6-17-13)9-14(15)19(16)7-12-4-5-12/h1-3,6,12,14-15H,4-5,7-11H2/t14-,15-/m1/s1. The molecule has 1 saturated carbocycles. The maximum absolute atomic E-state index is 12.1. The van der Waals surface area contributed by atoms with Crippen LogP contribution in [0.1, 0.15) is 18.5 Å². The molecule has 0 bridgehead atoms. The lowest BCUT2D eigenvalue weighted by molar-refractivity contribution is -0.153. The Morgan fingerprint density at radius 3 is 2.95 bits per heavy atom. The van der Waals surface area contributed by atoms with Crippen molar-refractivity contribution < 1.29 is 9.53 Å². The molecule has 0 radical (unpaired) electrons. The Hall–Kier alpha value is -1.46. The number of likely N-dealkylation sites (tertiary alicyclic amines) is 1. The van der Waals surface area contributed by atoms with Gasteiger partial charge < -0.3 is 9.64 Å². The molecule has 3 fully saturated rings. The van der Waals surface area contributed by atoms with Crippen LogP contribution in [0.25, 0.3) is 0 Å². The lowest BCUT2D eigenvalue weighted by Crippen LogP contribution is -2.54. The topological polar surface area (TPSA) is 45.7 Å². The Labute approximate surface area is 124 Å². The second kappa shape index (κ2) is 5.39. The Balaban J connectivity index is 1.43. The molecule has 3 heterocycles. The fourth-order valence-electron chi connectivity index (χ4n) is 3.41. The molecule has 112 valence electrons. The maximum Gasteiger partial charge on any atom is 0.248 e. The van der Waals surface area contributed by atoms with E-state index in [2.05, 4.69) is 20.9 Å². The highest BCUT2D eigenvalue weighted by Gasteiger charge is 2.44. The molecule has 1 aromatic heterocycles. The highest BCUT2D eigenvalue weighted by Crippen LogP contribution is 2.33. The van der Waals surface area contributed by atoms with Crippen LogP contribution in [0.2, 0.25) is 0 Å². The monoisotopic (exact) mass is 287 g/mol. The highest BCUT2D eigenvalue weighted by molar-refractivity contribution is 5.78. The van der Waals surface area contributed by atoms with Crippen molar-refractivity contribution in [1.82, 2.24) is 14.8 Å². The predicted octanol–water partition coefficient (Wildman–Crippen LogP) is 0.903. The van der Waals surface area contributed by atoms with Crippen molar-refractivity contribution in [2.75, 3.05) is 26.2 Å². The molecule has 2 aliphatic heterocycles. The van der Waals surface area contributed by atoms with Crippen LogP contribution in [0, 0.1) is 5.92 Å². The molecule has 0 aromatic carbocycles. The van der Waals surface area contributed by atoms with E-state index in [0.29, 0.717) is 0 Å². The predicted molar refractivity (Wildman–Crippen MR) is 77.5 cm³/mol. The first-order valence-electron chi connectivity index (χ1n) is 7.83. The van der Waals surface area contributed by atoms with E-state index >= 15 is 0 Å². The third-order valence-corrected chi connectivity index (χ3v) is 4.72. The normalized spacial score (nSPS) is 29.7. The van der Waals surface area contributed by atoms with Crippen molar-refractivity contribution >= 4 is 5.91 Å². The van der Waals surface area contributed by atoms with Gasteiger partial charge in [0.1, 0.15) is 6.61 Å². The summed E-state index contributed by atoms with van der Waals surface area (Å²) in [5.74, 6) is 0.903. The van der Waals surface area contributed by atoms with Crippen molar-refractivity contribution in [3.05, 3.63) is 30.1 Å². The van der Waals surface area contributed by atoms with Gasteiger partial charge in [0.2, 0.25) is 5.91 Å². The summed E-state index contributed by atoms with van der Waals surface area (Å²) < 4.78 is 5.76. The Kier molecular flexibility index (Phi) is 3.39. The number of fused-ring (bicyclic) bond motifs is 1. The average molecular weight is 287 g/mol. The number of pyridine rings is 1. The van der Waals surface area contributed by atoms with Crippen molar-refractivity contribution in [2.45, 2.75) is 31.5 Å². The van der Waals surface area contributed by atoms with E-state index < -0.39 is 0 Å². The van der Waals surface area contributed by atoms with Crippen molar-refractivity contribution in [3.8, 4) is 0 Å². The third kappa shape index (κ3) is 2.80. The number of amides is 1. The number of aromatic nitrogens is 1. The fourth-order valence-corrected chi connectivity index (χ4v) is 3.41. The van der Waals surface area contributed by atoms with Gasteiger partial charge in [-0.1, -0.05) is 6.07 Å². The van der Waals surface area contributed by atoms with E-state index in [1.54, 1.807) is 0 Å². The molecule has 0 N–H and O–H groups in total. The van der Waals surface area contributed by atoms with Crippen molar-refractivity contribution in [3.63, 3.8) is 0 Å². The SMILES string of the molecule is O=C1CO[C@@H]2CN(Cc3ccccn3)C[C@H]2N1CC1CC1. The minimum atomic E-state index is 0.169. The van der Waals surface area contributed by atoms with Gasteiger partial charge in [-0.05, 0) is 30.9 Å². The number of carbonyl (C=O) groups excluding carboxylic acids is 1. The van der Waals surface area contributed by atoms with Gasteiger partial charge in [0.15, 0.2) is 0 Å². The number of nitrogens with zero attached hydrogens (tertiary/aromatic N) is 3. The first-order chi connectivity index (χ1) is 10.3. The van der Waals surface area contributed by atoms with E-state index in [9.17, 15) is 4.79 Å². The molecule has 0 unspecified atom stereocenters. The largest absolute Gasteiger partial charge is 0.365 e. The lowest BCUT2D eigenvalue weighted by Gasteiger charge is -2.36. The maximum atomic E-state index is 12.1. The smallest absolute Gasteiger partial charge is 0.248 e. The van der Waals surface area contributed by atoms with Crippen LogP contribution >= 0.6 is 0 Å². The minimum Gasteiger partial charge on any atom is -0.365 e. The Morgan fingerprint density at radius 1 is 1.29 bits per heavy atom. The van der Waals surface area contributed by atoms with Gasteiger partial charge in [-0.15, -0.1) is 0 Å². The average Bonchev–Trinajstić information content (AvgIpc) is 3.22. The molecular formula is C16H21N3O2. The fraction of sp³-hybridized carbons (Fsp3) is 0.625. The molecule has 2 saturated heterocycles. The summed E-state index contributed by atoms with van der Waals surface area (Å²) in [7, 11) is 0. The lowest BCUT2D eigenvalue weighted by atomic mass is 10.1. The molecule has 1 aromatic rings. The number of ether oxygens (including phenoxy) is 1. The summed E-state index contributed by atoms with van der Waals surface area (Å²) in [5.41, 5.74) is 1.08. The summed E-state index contributed by atoms with van der Waals surface area (Å²) in [6, 6.07) is 6.24. The van der Waals surface area contributed by atoms with Gasteiger partial charge in [0, 0.05) is 32.4 Å². The Morgan fingerprint density at radius 2 is 2.19 bits per heavy atom. The van der Waals surface area contributed by atoms with Crippen molar-refractivity contribution in [2.24, 2.45) is 5.92 Å². The van der Waals surface area contributed by atoms with Crippen LogP contribution in [0.4, 0.5) is 0 Å². The van der Waals surface area contributed by atoms with Crippen LogP contribution in [-0.2, 0) is 16.1 Å². The number of hydrogen-bond donors (Lipinski definition) is 0. The molecule has 5 nitrogen and oxygen atoms in total. The van der Waals surface area contributed by atoms with Gasteiger partial charge in [0.05, 0.1) is 17.8 Å². The molecule has 5 heteroatoms. The van der Waals surface area contributed by atoms with E-state index in [0.717, 1.165) is 37.8 Å². The number of hydrogen-bond acceptors (Lipinski definition) is 4. The van der Waals surface area contributed by atoms with E-state index in [-0.39, 0.29) is 24.7 Å². The third-order valence-electron chi connectivity index (χ3n) is 4.72. The first-order valence-corrected chi connectivity index (χ1v) is 7.83. The van der Waals surface area contributed by atoms with Crippen molar-refractivity contribution in [1.29, 1.82) is 0 Å². The van der Waals surface area contributed by atoms with Gasteiger partial charge in [0.25, 0.3) is 0 Å². The van der Waals surface area contributed by atoms with E-state index in [1.807, 2.05) is 18.3 Å². The highest BCUT2D eigenvalue weighted by atomic mass is 16.5. The number of morpholine rings is 1. The summed E-state index contributed by atoms with van der Waals surface area (Å²) >= 11 is 0. The zero-order chi connectivity index (χ0) is 14.2. The molecule has 3 aliphatic rings. The second-order valence-electron chi connectivity index (χ2n) is 6.42. The molecule has 1 aliphatic carbocycles. The number of rotatable bonds is 4. The second-order valence-corrected chi connectivity index (χ2v) is 6.42. The van der Waals surface area contributed by atoms with Gasteiger partial charge in [-0.3, -0.25) is 14.7 Å². The van der Waals surface area contributed by atoms with Crippen LogP contribution < -0.4 is 0 Å². The zero-order valence-electron chi connectivity index (χ0n) is 12.1. The first kappa shape index (κ1) is 13.2. The summed E-state index contributed by atoms with van der Waals surface area (Å²) in [5, 5.41) is 0. The summed E-state index contributed by atoms with van der Waals surface area (Å²) in [6.45, 7) is 3.82. The molecule has 21 heavy (non-hydrogen) atoms. The minimum absolute atomic E-state index is 0.169. The zero-order valence-corrected chi connectivity index (χ0v) is 12.1. The molecule has 4 rings (SSSR count). The van der Waals surface area contributed by atoms with Crippen LogP contribution in [0.5, 0.6) is 0 Å². The molecule has 2 atom stereocenters. The van der Waals surface area contributed by atoms with E-state index in [4.69, 9.17) is 4.74 Å². The summed E-state index contributed by atoms with van der Waals surface area (Å²) in [6.07, 6.45) is 4.56. The molecular weight excluding hydrogens is 266 g/mol. The van der Waals surface area contributed by atoms with Crippen LogP contribution in [0.15, 0.2) is 24.4 Å². The van der Waals surface area contributed by atoms with Gasteiger partial charge >= 0.3 is 0 Å². The number of carbonyl (C=O) groups is 1. The van der Waals surface area contributed by atoms with Crippen LogP contribution in [-0.4, -0.2) is 59.1 Å². The van der Waals surface area contributed by atoms with E-state index in [1.165, 1.54) is 12.8 Å².